The number of hydrogen-bond donors (Lipinski definition) is 2. The second-order valence-corrected chi connectivity index (χ2v) is 9.32. The van der Waals surface area contributed by atoms with Gasteiger partial charge in [-0.2, -0.15) is 0 Å². The van der Waals surface area contributed by atoms with Crippen molar-refractivity contribution in [1.82, 2.24) is 0 Å². The third-order valence-corrected chi connectivity index (χ3v) is 6.82. The van der Waals surface area contributed by atoms with Crippen LogP contribution in [0.5, 0.6) is 5.75 Å². The average Bonchev–Trinajstić information content (AvgIpc) is 2.87. The maximum absolute atomic E-state index is 9.29. The molecule has 4 aromatic rings. The zero-order valence-corrected chi connectivity index (χ0v) is 20.5. The monoisotopic (exact) mass is 458 g/mol. The molecule has 0 radical (unpaired) electrons. The molecular formula is C31H38O3. The van der Waals surface area contributed by atoms with Gasteiger partial charge >= 0.3 is 0 Å². The van der Waals surface area contributed by atoms with Crippen LogP contribution in [0.4, 0.5) is 0 Å². The number of hydrogen-bond acceptors (Lipinski definition) is 3. The Labute approximate surface area is 203 Å². The van der Waals surface area contributed by atoms with Gasteiger partial charge in [-0.25, -0.2) is 0 Å². The molecule has 4 rings (SSSR count). The van der Waals surface area contributed by atoms with E-state index in [0.717, 1.165) is 57.3 Å². The van der Waals surface area contributed by atoms with Crippen molar-refractivity contribution in [2.24, 2.45) is 0 Å². The van der Waals surface area contributed by atoms with E-state index in [9.17, 15) is 5.11 Å². The van der Waals surface area contributed by atoms with Gasteiger partial charge in [0.1, 0.15) is 5.75 Å². The van der Waals surface area contributed by atoms with Crippen LogP contribution in [0.1, 0.15) is 63.0 Å². The van der Waals surface area contributed by atoms with Crippen molar-refractivity contribution in [2.75, 3.05) is 19.8 Å². The zero-order chi connectivity index (χ0) is 23.8. The van der Waals surface area contributed by atoms with E-state index in [1.165, 1.54) is 56.3 Å². The highest BCUT2D eigenvalue weighted by Gasteiger charge is 2.16. The van der Waals surface area contributed by atoms with Crippen molar-refractivity contribution >= 4 is 32.3 Å². The van der Waals surface area contributed by atoms with Crippen LogP contribution < -0.4 is 4.74 Å². The quantitative estimate of drug-likeness (QED) is 0.163. The summed E-state index contributed by atoms with van der Waals surface area (Å²) in [6, 6.07) is 20.1. The maximum atomic E-state index is 9.29. The minimum absolute atomic E-state index is 0.231. The molecular weight excluding hydrogens is 420 g/mol. The summed E-state index contributed by atoms with van der Waals surface area (Å²) in [6.45, 7) is 3.43. The van der Waals surface area contributed by atoms with E-state index in [0.29, 0.717) is 0 Å². The van der Waals surface area contributed by atoms with E-state index in [1.807, 2.05) is 0 Å². The lowest BCUT2D eigenvalue weighted by molar-refractivity contribution is 0.283. The average molecular weight is 459 g/mol. The summed E-state index contributed by atoms with van der Waals surface area (Å²) in [5.74, 6) is 1.02. The summed E-state index contributed by atoms with van der Waals surface area (Å²) in [7, 11) is 0. The van der Waals surface area contributed by atoms with Crippen LogP contribution in [-0.2, 0) is 12.8 Å². The van der Waals surface area contributed by atoms with Gasteiger partial charge in [0.15, 0.2) is 0 Å². The van der Waals surface area contributed by atoms with Gasteiger partial charge in [-0.3, -0.25) is 0 Å². The first kappa shape index (κ1) is 24.5. The van der Waals surface area contributed by atoms with Crippen LogP contribution in [0.3, 0.4) is 0 Å². The number of aryl methyl sites for hydroxylation is 2. The van der Waals surface area contributed by atoms with Crippen LogP contribution in [0, 0.1) is 0 Å². The first-order chi connectivity index (χ1) is 16.8. The molecule has 0 saturated heterocycles. The second-order valence-electron chi connectivity index (χ2n) is 9.32. The second kappa shape index (κ2) is 12.2. The van der Waals surface area contributed by atoms with Crippen molar-refractivity contribution in [3.05, 3.63) is 65.7 Å². The number of ether oxygens (including phenoxy) is 1. The Hall–Kier alpha value is -2.62. The molecule has 0 heterocycles. The molecule has 0 amide bonds. The number of rotatable bonds is 13. The number of aliphatic hydroxyl groups is 2. The zero-order valence-electron chi connectivity index (χ0n) is 20.5. The number of unbranched alkanes of at least 4 members (excludes halogenated alkanes) is 4. The SMILES string of the molecule is CCCCCOc1c(CCCCO)ccc2c3ccc(CCCCO)cc3c3ccccc3c12. The van der Waals surface area contributed by atoms with E-state index in [2.05, 4.69) is 61.5 Å². The van der Waals surface area contributed by atoms with Crippen molar-refractivity contribution in [2.45, 2.75) is 64.7 Å². The van der Waals surface area contributed by atoms with E-state index < -0.39 is 0 Å². The minimum Gasteiger partial charge on any atom is -0.493 e. The molecule has 34 heavy (non-hydrogen) atoms. The van der Waals surface area contributed by atoms with Gasteiger partial charge in [-0.1, -0.05) is 74.4 Å². The van der Waals surface area contributed by atoms with Crippen molar-refractivity contribution in [1.29, 1.82) is 0 Å². The van der Waals surface area contributed by atoms with Crippen molar-refractivity contribution in [3.8, 4) is 5.75 Å². The summed E-state index contributed by atoms with van der Waals surface area (Å²) < 4.78 is 6.54. The summed E-state index contributed by atoms with van der Waals surface area (Å²) in [5, 5.41) is 26.0. The van der Waals surface area contributed by atoms with Crippen molar-refractivity contribution in [3.63, 3.8) is 0 Å². The molecule has 4 aromatic carbocycles. The molecule has 3 nitrogen and oxygen atoms in total. The molecule has 0 fully saturated rings. The Balaban J connectivity index is 1.89. The molecule has 0 saturated carbocycles. The van der Waals surface area contributed by atoms with Gasteiger partial charge in [-0.05, 0) is 83.0 Å². The molecule has 0 aromatic heterocycles. The van der Waals surface area contributed by atoms with E-state index in [-0.39, 0.29) is 13.2 Å². The fourth-order valence-electron chi connectivity index (χ4n) is 5.01. The van der Waals surface area contributed by atoms with Crippen LogP contribution in [0.25, 0.3) is 32.3 Å². The molecule has 3 heteroatoms. The van der Waals surface area contributed by atoms with E-state index >= 15 is 0 Å². The van der Waals surface area contributed by atoms with Crippen molar-refractivity contribution < 1.29 is 14.9 Å². The summed E-state index contributed by atoms with van der Waals surface area (Å²) in [4.78, 5) is 0. The summed E-state index contributed by atoms with van der Waals surface area (Å²) in [6.07, 6.45) is 8.92. The van der Waals surface area contributed by atoms with Crippen LogP contribution in [0.2, 0.25) is 0 Å². The largest absolute Gasteiger partial charge is 0.493 e. The lowest BCUT2D eigenvalue weighted by Gasteiger charge is -2.19. The fraction of sp³-hybridized carbons (Fsp3) is 0.419. The number of aliphatic hydroxyl groups excluding tert-OH is 2. The number of fused-ring (bicyclic) bond motifs is 6. The Bertz CT molecular complexity index is 1210. The predicted molar refractivity (Wildman–Crippen MR) is 144 cm³/mol. The van der Waals surface area contributed by atoms with Crippen LogP contribution in [0.15, 0.2) is 54.6 Å². The molecule has 0 spiro atoms. The van der Waals surface area contributed by atoms with Gasteiger partial charge in [0.25, 0.3) is 0 Å². The highest BCUT2D eigenvalue weighted by atomic mass is 16.5. The first-order valence-corrected chi connectivity index (χ1v) is 13.0. The predicted octanol–water partition coefficient (Wildman–Crippen LogP) is 7.35. The molecule has 0 unspecified atom stereocenters. The molecule has 180 valence electrons. The van der Waals surface area contributed by atoms with Gasteiger partial charge < -0.3 is 14.9 Å². The van der Waals surface area contributed by atoms with Gasteiger partial charge in [0, 0.05) is 18.6 Å². The first-order valence-electron chi connectivity index (χ1n) is 13.0. The lowest BCUT2D eigenvalue weighted by atomic mass is 9.90. The summed E-state index contributed by atoms with van der Waals surface area (Å²) >= 11 is 0. The molecule has 0 atom stereocenters. The molecule has 0 aliphatic rings. The Kier molecular flexibility index (Phi) is 8.79. The maximum Gasteiger partial charge on any atom is 0.130 e. The molecule has 0 bridgehead atoms. The Morgan fingerprint density at radius 2 is 1.32 bits per heavy atom. The standard InChI is InChI=1S/C31H38O3/c1-2-3-10-21-34-31-24(12-7-9-20-33)16-18-28-26-17-15-23(11-6-8-19-32)22-29(26)25-13-4-5-14-27(25)30(28)31/h4-5,13-18,22,32-33H,2-3,6-12,19-21H2,1H3. The molecule has 0 aliphatic carbocycles. The van der Waals surface area contributed by atoms with Gasteiger partial charge in [0.05, 0.1) is 6.61 Å². The highest BCUT2D eigenvalue weighted by molar-refractivity contribution is 6.27. The number of benzene rings is 4. The smallest absolute Gasteiger partial charge is 0.130 e. The van der Waals surface area contributed by atoms with E-state index in [4.69, 9.17) is 9.84 Å². The fourth-order valence-corrected chi connectivity index (χ4v) is 5.01. The molecule has 2 N–H and O–H groups in total. The van der Waals surface area contributed by atoms with Gasteiger partial charge in [0.2, 0.25) is 0 Å². The summed E-state index contributed by atoms with van der Waals surface area (Å²) in [5.41, 5.74) is 2.56. The Morgan fingerprint density at radius 3 is 2.09 bits per heavy atom. The topological polar surface area (TPSA) is 49.7 Å². The normalized spacial score (nSPS) is 11.6. The third kappa shape index (κ3) is 5.37. The van der Waals surface area contributed by atoms with Crippen LogP contribution in [-0.4, -0.2) is 30.0 Å². The third-order valence-electron chi connectivity index (χ3n) is 6.82. The van der Waals surface area contributed by atoms with Crippen LogP contribution >= 0.6 is 0 Å². The Morgan fingerprint density at radius 1 is 0.647 bits per heavy atom. The lowest BCUT2D eigenvalue weighted by Crippen LogP contribution is -2.02. The van der Waals surface area contributed by atoms with E-state index in [1.54, 1.807) is 0 Å². The molecule has 0 aliphatic heterocycles. The minimum atomic E-state index is 0.231. The highest BCUT2D eigenvalue weighted by Crippen LogP contribution is 2.42. The van der Waals surface area contributed by atoms with Gasteiger partial charge in [-0.15, -0.1) is 0 Å².